The van der Waals surface area contributed by atoms with E-state index in [1.807, 2.05) is 0 Å². The summed E-state index contributed by atoms with van der Waals surface area (Å²) in [5.41, 5.74) is 0. The number of rotatable bonds is 67. The van der Waals surface area contributed by atoms with Crippen molar-refractivity contribution < 1.29 is 52.2 Å². The lowest BCUT2D eigenvalue weighted by atomic mass is 10.0. The van der Waals surface area contributed by atoms with Crippen molar-refractivity contribution in [2.24, 2.45) is 0 Å². The first-order valence-electron chi connectivity index (χ1n) is 34.9. The van der Waals surface area contributed by atoms with Crippen LogP contribution in [0.3, 0.4) is 0 Å². The number of phosphoric acid groups is 1. The van der Waals surface area contributed by atoms with Crippen molar-refractivity contribution in [1.29, 1.82) is 0 Å². The van der Waals surface area contributed by atoms with Gasteiger partial charge in [0.15, 0.2) is 6.10 Å². The summed E-state index contributed by atoms with van der Waals surface area (Å²) in [6, 6.07) is 0. The van der Waals surface area contributed by atoms with Gasteiger partial charge in [-0.05, 0) is 19.3 Å². The fraction of sp³-hybridized carbons (Fsp3) is 0.956. The van der Waals surface area contributed by atoms with E-state index in [9.17, 15) is 28.9 Å². The number of esters is 3. The molecule has 80 heavy (non-hydrogen) atoms. The van der Waals surface area contributed by atoms with Gasteiger partial charge in [0.1, 0.15) is 12.7 Å². The molecule has 0 rings (SSSR count). The van der Waals surface area contributed by atoms with Gasteiger partial charge in [-0.3, -0.25) is 23.4 Å². The average Bonchev–Trinajstić information content (AvgIpc) is 3.45. The zero-order valence-corrected chi connectivity index (χ0v) is 54.0. The van der Waals surface area contributed by atoms with Crippen molar-refractivity contribution in [2.45, 2.75) is 393 Å². The van der Waals surface area contributed by atoms with Gasteiger partial charge in [-0.1, -0.05) is 342 Å². The van der Waals surface area contributed by atoms with Gasteiger partial charge in [0, 0.05) is 19.3 Å². The van der Waals surface area contributed by atoms with E-state index in [4.69, 9.17) is 23.3 Å². The number of aliphatic hydroxyl groups excluding tert-OH is 1. The Kier molecular flexibility index (Phi) is 62.3. The number of carbonyl (C=O) groups is 3. The molecule has 0 aromatic heterocycles. The van der Waals surface area contributed by atoms with Gasteiger partial charge in [0.05, 0.1) is 19.8 Å². The van der Waals surface area contributed by atoms with Crippen molar-refractivity contribution in [3.05, 3.63) is 0 Å². The van der Waals surface area contributed by atoms with Crippen LogP contribution in [-0.2, 0) is 42.2 Å². The molecule has 476 valence electrons. The average molecular weight is 1160 g/mol. The molecule has 2 N–H and O–H groups in total. The van der Waals surface area contributed by atoms with Crippen LogP contribution in [0.15, 0.2) is 0 Å². The first kappa shape index (κ1) is 78.5. The number of aliphatic hydroxyl groups is 1. The number of carbonyl (C=O) groups excluding carboxylic acids is 3. The molecule has 3 atom stereocenters. The van der Waals surface area contributed by atoms with Crippen LogP contribution in [0.25, 0.3) is 0 Å². The highest BCUT2D eigenvalue weighted by atomic mass is 31.2. The van der Waals surface area contributed by atoms with Crippen molar-refractivity contribution in [3.63, 3.8) is 0 Å². The van der Waals surface area contributed by atoms with Crippen LogP contribution in [0, 0.1) is 0 Å². The van der Waals surface area contributed by atoms with E-state index in [1.165, 1.54) is 263 Å². The molecule has 0 fully saturated rings. The molecule has 0 bridgehead atoms. The van der Waals surface area contributed by atoms with E-state index in [2.05, 4.69) is 20.8 Å². The Labute approximate surface area is 494 Å². The van der Waals surface area contributed by atoms with E-state index in [-0.39, 0.29) is 25.9 Å². The molecule has 0 aliphatic heterocycles. The maximum Gasteiger partial charge on any atom is 0.472 e. The lowest BCUT2D eigenvalue weighted by Crippen LogP contribution is -2.30. The normalized spacial score (nSPS) is 13.1. The standard InChI is InChI=1S/C68H133O11P/c1-4-7-10-13-16-19-22-25-28-31-32-35-36-39-42-45-48-51-54-57-66(70)75-61-65(79-68(72)59-56-53-50-47-44-41-38-34-30-27-24-21-18-15-12-9-6-3)63-77-80(73,74)76-62-64(60-69)78-67(71)58-55-52-49-46-43-40-37-33-29-26-23-20-17-14-11-8-5-2/h64-65,69H,4-63H2,1-3H3,(H,73,74). The first-order valence-corrected chi connectivity index (χ1v) is 36.4. The Morgan fingerprint density at radius 3 is 0.738 bits per heavy atom. The summed E-state index contributed by atoms with van der Waals surface area (Å²) < 4.78 is 39.8. The SMILES string of the molecule is CCCCCCCCCCCCCCCCCCCCCC(=O)OCC(COP(=O)(O)OCC(CO)OC(=O)CCCCCCCCCCCCCCCCCCC)OC(=O)CCCCCCCCCCCCCCCCCCC. The molecule has 0 radical (unpaired) electrons. The Bertz CT molecular complexity index is 1350. The molecule has 0 saturated heterocycles. The molecule has 11 nitrogen and oxygen atoms in total. The fourth-order valence-corrected chi connectivity index (χ4v) is 11.5. The van der Waals surface area contributed by atoms with Crippen LogP contribution < -0.4 is 0 Å². The molecule has 0 heterocycles. The largest absolute Gasteiger partial charge is 0.472 e. The minimum Gasteiger partial charge on any atom is -0.462 e. The summed E-state index contributed by atoms with van der Waals surface area (Å²) in [6.45, 7) is 4.78. The number of phosphoric ester groups is 1. The van der Waals surface area contributed by atoms with Gasteiger partial charge in [0.25, 0.3) is 0 Å². The molecular formula is C68H133O11P. The van der Waals surface area contributed by atoms with Gasteiger partial charge >= 0.3 is 25.7 Å². The second kappa shape index (κ2) is 63.5. The number of unbranched alkanes of at least 4 members (excludes halogenated alkanes) is 50. The third-order valence-corrected chi connectivity index (χ3v) is 17.0. The van der Waals surface area contributed by atoms with Crippen LogP contribution in [0.5, 0.6) is 0 Å². The molecule has 0 aromatic rings. The molecule has 0 spiro atoms. The number of ether oxygens (including phenoxy) is 3. The second-order valence-electron chi connectivity index (χ2n) is 24.1. The first-order chi connectivity index (χ1) is 39.2. The molecule has 12 heteroatoms. The zero-order chi connectivity index (χ0) is 58.3. The summed E-state index contributed by atoms with van der Waals surface area (Å²) in [5.74, 6) is -1.41. The highest BCUT2D eigenvalue weighted by molar-refractivity contribution is 7.47. The fourth-order valence-electron chi connectivity index (χ4n) is 10.7. The molecule has 3 unspecified atom stereocenters. The van der Waals surface area contributed by atoms with Gasteiger partial charge < -0.3 is 24.2 Å². The van der Waals surface area contributed by atoms with E-state index in [1.54, 1.807) is 0 Å². The van der Waals surface area contributed by atoms with E-state index in [0.29, 0.717) is 19.3 Å². The maximum absolute atomic E-state index is 13.0. The van der Waals surface area contributed by atoms with Crippen molar-refractivity contribution in [3.8, 4) is 0 Å². The van der Waals surface area contributed by atoms with E-state index in [0.717, 1.165) is 57.8 Å². The maximum atomic E-state index is 13.0. The van der Waals surface area contributed by atoms with Crippen LogP contribution >= 0.6 is 7.82 Å². The monoisotopic (exact) mass is 1160 g/mol. The molecule has 0 aliphatic carbocycles. The van der Waals surface area contributed by atoms with Crippen molar-refractivity contribution in [1.82, 2.24) is 0 Å². The lowest BCUT2D eigenvalue weighted by Gasteiger charge is -2.21. The lowest BCUT2D eigenvalue weighted by molar-refractivity contribution is -0.161. The van der Waals surface area contributed by atoms with Crippen LogP contribution in [0.4, 0.5) is 0 Å². The molecule has 0 aliphatic rings. The Balaban J connectivity index is 4.59. The minimum absolute atomic E-state index is 0.179. The van der Waals surface area contributed by atoms with Gasteiger partial charge in [-0.25, -0.2) is 4.57 Å². The van der Waals surface area contributed by atoms with Gasteiger partial charge in [-0.15, -0.1) is 0 Å². The van der Waals surface area contributed by atoms with Gasteiger partial charge in [-0.2, -0.15) is 0 Å². The van der Waals surface area contributed by atoms with Crippen LogP contribution in [0.1, 0.15) is 380 Å². The summed E-state index contributed by atoms with van der Waals surface area (Å²) in [7, 11) is -4.74. The Morgan fingerprint density at radius 2 is 0.500 bits per heavy atom. The predicted molar refractivity (Wildman–Crippen MR) is 335 cm³/mol. The van der Waals surface area contributed by atoms with Crippen LogP contribution in [0.2, 0.25) is 0 Å². The highest BCUT2D eigenvalue weighted by Crippen LogP contribution is 2.43. The highest BCUT2D eigenvalue weighted by Gasteiger charge is 2.28. The van der Waals surface area contributed by atoms with Gasteiger partial charge in [0.2, 0.25) is 0 Å². The summed E-state index contributed by atoms with van der Waals surface area (Å²) >= 11 is 0. The van der Waals surface area contributed by atoms with Crippen molar-refractivity contribution >= 4 is 25.7 Å². The zero-order valence-electron chi connectivity index (χ0n) is 53.1. The molecule has 0 aromatic carbocycles. The number of hydrogen-bond donors (Lipinski definition) is 2. The molecule has 0 amide bonds. The topological polar surface area (TPSA) is 155 Å². The second-order valence-corrected chi connectivity index (χ2v) is 25.5. The Hall–Kier alpha value is -1.52. The molecular weight excluding hydrogens is 1020 g/mol. The van der Waals surface area contributed by atoms with E-state index >= 15 is 0 Å². The summed E-state index contributed by atoms with van der Waals surface area (Å²) in [6.07, 6.45) is 64.8. The third-order valence-electron chi connectivity index (χ3n) is 16.0. The Morgan fingerprint density at radius 1 is 0.300 bits per heavy atom. The number of hydrogen-bond acceptors (Lipinski definition) is 10. The smallest absolute Gasteiger partial charge is 0.462 e. The minimum atomic E-state index is -4.74. The van der Waals surface area contributed by atoms with Crippen molar-refractivity contribution in [2.75, 3.05) is 26.4 Å². The summed E-state index contributed by atoms with van der Waals surface area (Å²) in [5, 5.41) is 9.87. The molecule has 0 saturated carbocycles. The van der Waals surface area contributed by atoms with Crippen LogP contribution in [-0.4, -0.2) is 66.5 Å². The summed E-state index contributed by atoms with van der Waals surface area (Å²) in [4.78, 5) is 48.9. The van der Waals surface area contributed by atoms with E-state index < -0.39 is 57.8 Å². The third kappa shape index (κ3) is 61.1. The predicted octanol–water partition coefficient (Wildman–Crippen LogP) is 21.4. The quantitative estimate of drug-likeness (QED) is 0.0259.